The van der Waals surface area contributed by atoms with Crippen LogP contribution >= 0.6 is 0 Å². The molecule has 3 aromatic rings. The minimum atomic E-state index is -0.313. The van der Waals surface area contributed by atoms with Crippen molar-refractivity contribution in [3.05, 3.63) is 71.0 Å². The molecule has 7 nitrogen and oxygen atoms in total. The summed E-state index contributed by atoms with van der Waals surface area (Å²) in [6.45, 7) is 0.215. The van der Waals surface area contributed by atoms with Crippen LogP contribution in [0.25, 0.3) is 11.5 Å². The van der Waals surface area contributed by atoms with Crippen LogP contribution in [0, 0.1) is 0 Å². The zero-order chi connectivity index (χ0) is 16.1. The van der Waals surface area contributed by atoms with Gasteiger partial charge in [-0.05, 0) is 35.9 Å². The Labute approximate surface area is 131 Å². The molecule has 0 fully saturated rings. The lowest BCUT2D eigenvalue weighted by atomic mass is 10.2. The number of carbonyl (C=O) groups excluding carboxylic acids is 1. The molecule has 0 aliphatic rings. The summed E-state index contributed by atoms with van der Waals surface area (Å²) in [6, 6.07) is 10.1. The van der Waals surface area contributed by atoms with Crippen molar-refractivity contribution in [2.75, 3.05) is 0 Å². The largest absolute Gasteiger partial charge is 0.463 e. The van der Waals surface area contributed by atoms with E-state index < -0.39 is 0 Å². The highest BCUT2D eigenvalue weighted by atomic mass is 16.3. The van der Waals surface area contributed by atoms with Gasteiger partial charge in [-0.2, -0.15) is 5.10 Å². The number of furan rings is 1. The summed E-state index contributed by atoms with van der Waals surface area (Å²) in [4.78, 5) is 27.6. The Morgan fingerprint density at radius 2 is 2.13 bits per heavy atom. The third-order valence-electron chi connectivity index (χ3n) is 3.17. The van der Waals surface area contributed by atoms with Gasteiger partial charge in [-0.25, -0.2) is 4.68 Å². The normalized spacial score (nSPS) is 10.4. The number of carbonyl (C=O) groups is 1. The van der Waals surface area contributed by atoms with Crippen molar-refractivity contribution in [1.82, 2.24) is 20.1 Å². The molecular weight excluding hydrogens is 296 g/mol. The third kappa shape index (κ3) is 3.70. The van der Waals surface area contributed by atoms with E-state index in [4.69, 9.17) is 4.42 Å². The number of hydrogen-bond acceptors (Lipinski definition) is 5. The molecule has 116 valence electrons. The SMILES string of the molecule is O=C(Cn1ncccc1=O)NCc1ccnc(-c2ccco2)c1. The molecule has 3 rings (SSSR count). The van der Waals surface area contributed by atoms with Crippen molar-refractivity contribution in [3.63, 3.8) is 0 Å². The molecule has 0 spiro atoms. The van der Waals surface area contributed by atoms with Crippen LogP contribution in [-0.2, 0) is 17.9 Å². The summed E-state index contributed by atoms with van der Waals surface area (Å²) in [5.74, 6) is 0.375. The molecule has 1 amide bonds. The van der Waals surface area contributed by atoms with Gasteiger partial charge in [0.1, 0.15) is 12.2 Å². The molecule has 0 aromatic carbocycles. The molecule has 1 N–H and O–H groups in total. The molecule has 0 aliphatic carbocycles. The second-order valence-electron chi connectivity index (χ2n) is 4.82. The number of pyridine rings is 1. The smallest absolute Gasteiger partial charge is 0.267 e. The topological polar surface area (TPSA) is 90.0 Å². The lowest BCUT2D eigenvalue weighted by Gasteiger charge is -2.07. The Morgan fingerprint density at radius 3 is 2.91 bits per heavy atom. The summed E-state index contributed by atoms with van der Waals surface area (Å²) >= 11 is 0. The first kappa shape index (κ1) is 14.7. The van der Waals surface area contributed by atoms with Crippen molar-refractivity contribution in [2.24, 2.45) is 0 Å². The minimum Gasteiger partial charge on any atom is -0.463 e. The predicted octanol–water partition coefficient (Wildman–Crippen LogP) is 1.21. The number of aromatic nitrogens is 3. The summed E-state index contributed by atoms with van der Waals surface area (Å²) in [5.41, 5.74) is 1.27. The van der Waals surface area contributed by atoms with Crippen LogP contribution in [-0.4, -0.2) is 20.7 Å². The van der Waals surface area contributed by atoms with Crippen LogP contribution in [0.2, 0.25) is 0 Å². The van der Waals surface area contributed by atoms with E-state index in [-0.39, 0.29) is 18.0 Å². The molecule has 0 atom stereocenters. The van der Waals surface area contributed by atoms with Crippen LogP contribution in [0.15, 0.2) is 64.3 Å². The first-order chi connectivity index (χ1) is 11.2. The van der Waals surface area contributed by atoms with E-state index in [0.717, 1.165) is 10.2 Å². The molecule has 0 saturated carbocycles. The van der Waals surface area contributed by atoms with E-state index in [0.29, 0.717) is 18.0 Å². The summed E-state index contributed by atoms with van der Waals surface area (Å²) in [6.07, 6.45) is 4.70. The molecule has 0 unspecified atom stereocenters. The van der Waals surface area contributed by atoms with Gasteiger partial charge >= 0.3 is 0 Å². The average Bonchev–Trinajstić information content (AvgIpc) is 3.10. The van der Waals surface area contributed by atoms with Crippen molar-refractivity contribution >= 4 is 5.91 Å². The first-order valence-corrected chi connectivity index (χ1v) is 7.00. The maximum atomic E-state index is 11.9. The van der Waals surface area contributed by atoms with Crippen molar-refractivity contribution < 1.29 is 9.21 Å². The number of nitrogens with zero attached hydrogens (tertiary/aromatic N) is 3. The zero-order valence-electron chi connectivity index (χ0n) is 12.2. The maximum absolute atomic E-state index is 11.9. The van der Waals surface area contributed by atoms with E-state index in [1.165, 1.54) is 18.3 Å². The molecule has 0 bridgehead atoms. The lowest BCUT2D eigenvalue weighted by Crippen LogP contribution is -2.32. The Morgan fingerprint density at radius 1 is 1.22 bits per heavy atom. The first-order valence-electron chi connectivity index (χ1n) is 7.00. The van der Waals surface area contributed by atoms with Crippen LogP contribution in [0.1, 0.15) is 5.56 Å². The lowest BCUT2D eigenvalue weighted by molar-refractivity contribution is -0.122. The highest BCUT2D eigenvalue weighted by Crippen LogP contribution is 2.17. The molecule has 0 aliphatic heterocycles. The Bertz CT molecular complexity index is 856. The zero-order valence-corrected chi connectivity index (χ0v) is 12.2. The molecule has 0 saturated heterocycles. The Balaban J connectivity index is 1.62. The van der Waals surface area contributed by atoms with E-state index in [2.05, 4.69) is 15.4 Å². The fourth-order valence-electron chi connectivity index (χ4n) is 2.04. The fourth-order valence-corrected chi connectivity index (χ4v) is 2.04. The van der Waals surface area contributed by atoms with Gasteiger partial charge in [0.25, 0.3) is 5.56 Å². The van der Waals surface area contributed by atoms with Gasteiger partial charge in [0, 0.05) is 25.0 Å². The predicted molar refractivity (Wildman–Crippen MR) is 82.3 cm³/mol. The summed E-state index contributed by atoms with van der Waals surface area (Å²) in [7, 11) is 0. The van der Waals surface area contributed by atoms with E-state index in [1.54, 1.807) is 24.6 Å². The van der Waals surface area contributed by atoms with E-state index in [9.17, 15) is 9.59 Å². The van der Waals surface area contributed by atoms with Gasteiger partial charge in [0.05, 0.1) is 6.26 Å². The molecule has 0 radical (unpaired) electrons. The van der Waals surface area contributed by atoms with Gasteiger partial charge in [-0.1, -0.05) is 0 Å². The summed E-state index contributed by atoms with van der Waals surface area (Å²) < 4.78 is 6.40. The van der Waals surface area contributed by atoms with Crippen molar-refractivity contribution in [2.45, 2.75) is 13.1 Å². The molecule has 3 aromatic heterocycles. The van der Waals surface area contributed by atoms with Crippen LogP contribution < -0.4 is 10.9 Å². The standard InChI is InChI=1S/C16H14N4O3/c21-15(11-20-16(22)4-1-6-19-20)18-10-12-5-7-17-13(9-12)14-3-2-8-23-14/h1-9H,10-11H2,(H,18,21). The second-order valence-corrected chi connectivity index (χ2v) is 4.82. The molecule has 23 heavy (non-hydrogen) atoms. The maximum Gasteiger partial charge on any atom is 0.267 e. The van der Waals surface area contributed by atoms with Gasteiger partial charge < -0.3 is 9.73 Å². The number of rotatable bonds is 5. The van der Waals surface area contributed by atoms with Gasteiger partial charge in [-0.15, -0.1) is 0 Å². The van der Waals surface area contributed by atoms with Gasteiger partial charge in [0.2, 0.25) is 5.91 Å². The number of nitrogens with one attached hydrogen (secondary N) is 1. The van der Waals surface area contributed by atoms with Gasteiger partial charge in [0.15, 0.2) is 5.76 Å². The fraction of sp³-hybridized carbons (Fsp3) is 0.125. The number of hydrogen-bond donors (Lipinski definition) is 1. The monoisotopic (exact) mass is 310 g/mol. The van der Waals surface area contributed by atoms with Crippen molar-refractivity contribution in [3.8, 4) is 11.5 Å². The number of amides is 1. The minimum absolute atomic E-state index is 0.115. The van der Waals surface area contributed by atoms with Crippen LogP contribution in [0.5, 0.6) is 0 Å². The van der Waals surface area contributed by atoms with Crippen molar-refractivity contribution in [1.29, 1.82) is 0 Å². The Hall–Kier alpha value is -3.22. The van der Waals surface area contributed by atoms with E-state index >= 15 is 0 Å². The molecule has 3 heterocycles. The molecule has 7 heteroatoms. The average molecular weight is 310 g/mol. The van der Waals surface area contributed by atoms with Crippen LogP contribution in [0.3, 0.4) is 0 Å². The highest BCUT2D eigenvalue weighted by Gasteiger charge is 2.07. The third-order valence-corrected chi connectivity index (χ3v) is 3.17. The Kier molecular flexibility index (Phi) is 4.28. The highest BCUT2D eigenvalue weighted by molar-refractivity contribution is 5.75. The van der Waals surface area contributed by atoms with Gasteiger partial charge in [-0.3, -0.25) is 14.6 Å². The van der Waals surface area contributed by atoms with Crippen LogP contribution in [0.4, 0.5) is 0 Å². The second kappa shape index (κ2) is 6.69. The molecular formula is C16H14N4O3. The quantitative estimate of drug-likeness (QED) is 0.765. The summed E-state index contributed by atoms with van der Waals surface area (Å²) in [5, 5.41) is 6.59. The van der Waals surface area contributed by atoms with E-state index in [1.807, 2.05) is 12.1 Å².